The van der Waals surface area contributed by atoms with Crippen molar-refractivity contribution in [3.63, 3.8) is 0 Å². The van der Waals surface area contributed by atoms with Gasteiger partial charge < -0.3 is 10.1 Å². The minimum Gasteiger partial charge on any atom is -0.492 e. The summed E-state index contributed by atoms with van der Waals surface area (Å²) in [4.78, 5) is 13.5. The molecule has 0 spiro atoms. The van der Waals surface area contributed by atoms with Gasteiger partial charge in [0.1, 0.15) is 12.4 Å². The molecule has 1 aromatic carbocycles. The Morgan fingerprint density at radius 2 is 2.18 bits per heavy atom. The molecule has 6 heteroatoms. The Balaban J connectivity index is 1.63. The van der Waals surface area contributed by atoms with E-state index < -0.39 is 0 Å². The van der Waals surface area contributed by atoms with Crippen LogP contribution < -0.4 is 10.1 Å². The number of hydrogen-bond donors (Lipinski definition) is 1. The van der Waals surface area contributed by atoms with E-state index in [1.54, 1.807) is 6.20 Å². The number of amides is 1. The lowest BCUT2D eigenvalue weighted by Gasteiger charge is -2.26. The average molecular weight is 300 g/mol. The van der Waals surface area contributed by atoms with Crippen molar-refractivity contribution in [1.82, 2.24) is 20.0 Å². The molecule has 0 aliphatic carbocycles. The van der Waals surface area contributed by atoms with Gasteiger partial charge in [-0.05, 0) is 18.2 Å². The first-order valence-electron chi connectivity index (χ1n) is 7.43. The van der Waals surface area contributed by atoms with Crippen molar-refractivity contribution in [1.29, 1.82) is 0 Å². The molecule has 2 aromatic rings. The number of rotatable bonds is 5. The van der Waals surface area contributed by atoms with Gasteiger partial charge in [-0.2, -0.15) is 5.10 Å². The van der Waals surface area contributed by atoms with Crippen LogP contribution in [0, 0.1) is 0 Å². The van der Waals surface area contributed by atoms with E-state index in [-0.39, 0.29) is 5.91 Å². The first kappa shape index (κ1) is 14.6. The second-order valence-corrected chi connectivity index (χ2v) is 5.31. The summed E-state index contributed by atoms with van der Waals surface area (Å²) in [5.74, 6) is 0.925. The van der Waals surface area contributed by atoms with Crippen LogP contribution in [-0.2, 0) is 11.8 Å². The molecule has 6 nitrogen and oxygen atoms in total. The Bertz CT molecular complexity index is 653. The maximum atomic E-state index is 11.4. The van der Waals surface area contributed by atoms with Crippen LogP contribution in [-0.4, -0.2) is 53.4 Å². The van der Waals surface area contributed by atoms with Crippen molar-refractivity contribution < 1.29 is 9.53 Å². The Labute approximate surface area is 129 Å². The number of nitrogens with zero attached hydrogens (tertiary/aromatic N) is 3. The quantitative estimate of drug-likeness (QED) is 0.891. The van der Waals surface area contributed by atoms with Gasteiger partial charge in [0.05, 0.1) is 12.2 Å². The Kier molecular flexibility index (Phi) is 4.39. The molecule has 1 aliphatic heterocycles. The molecule has 0 saturated carbocycles. The number of carbonyl (C=O) groups excluding carboxylic acids is 1. The third-order valence-electron chi connectivity index (χ3n) is 3.77. The third-order valence-corrected chi connectivity index (χ3v) is 3.77. The molecule has 0 atom stereocenters. The number of para-hydroxylation sites is 1. The van der Waals surface area contributed by atoms with Crippen LogP contribution in [0.4, 0.5) is 0 Å². The van der Waals surface area contributed by atoms with E-state index in [1.807, 2.05) is 42.1 Å². The number of nitrogens with one attached hydrogen (secondary N) is 1. The molecule has 0 radical (unpaired) electrons. The van der Waals surface area contributed by atoms with Crippen molar-refractivity contribution in [3.05, 3.63) is 36.5 Å². The lowest BCUT2D eigenvalue weighted by Crippen LogP contribution is -2.48. The molecule has 1 aromatic heterocycles. The molecular formula is C16H20N4O2. The van der Waals surface area contributed by atoms with Crippen molar-refractivity contribution in [2.75, 3.05) is 32.8 Å². The summed E-state index contributed by atoms with van der Waals surface area (Å²) in [6.45, 7) is 3.34. The van der Waals surface area contributed by atoms with Gasteiger partial charge in [-0.25, -0.2) is 0 Å². The molecule has 1 saturated heterocycles. The van der Waals surface area contributed by atoms with Gasteiger partial charge >= 0.3 is 0 Å². The number of carbonyl (C=O) groups is 1. The number of aromatic nitrogens is 2. The van der Waals surface area contributed by atoms with Crippen LogP contribution in [0.1, 0.15) is 0 Å². The summed E-state index contributed by atoms with van der Waals surface area (Å²) >= 11 is 0. The zero-order chi connectivity index (χ0) is 15.4. The summed E-state index contributed by atoms with van der Waals surface area (Å²) in [5, 5.41) is 7.03. The van der Waals surface area contributed by atoms with Crippen LogP contribution in [0.3, 0.4) is 0 Å². The van der Waals surface area contributed by atoms with Crippen molar-refractivity contribution in [2.24, 2.45) is 7.05 Å². The minimum atomic E-state index is 0.0848. The largest absolute Gasteiger partial charge is 0.492 e. The maximum absolute atomic E-state index is 11.4. The fraction of sp³-hybridized carbons (Fsp3) is 0.375. The summed E-state index contributed by atoms with van der Waals surface area (Å²) < 4.78 is 7.77. The predicted molar refractivity (Wildman–Crippen MR) is 83.6 cm³/mol. The molecule has 22 heavy (non-hydrogen) atoms. The number of benzene rings is 1. The molecule has 2 heterocycles. The monoisotopic (exact) mass is 300 g/mol. The summed E-state index contributed by atoms with van der Waals surface area (Å²) in [6.07, 6.45) is 1.78. The molecule has 1 fully saturated rings. The van der Waals surface area contributed by atoms with E-state index in [0.717, 1.165) is 30.1 Å². The summed E-state index contributed by atoms with van der Waals surface area (Å²) in [6, 6.07) is 9.91. The van der Waals surface area contributed by atoms with Crippen molar-refractivity contribution >= 4 is 5.91 Å². The molecule has 0 unspecified atom stereocenters. The van der Waals surface area contributed by atoms with Gasteiger partial charge in [-0.3, -0.25) is 14.4 Å². The van der Waals surface area contributed by atoms with Gasteiger partial charge in [0.2, 0.25) is 5.91 Å². The predicted octanol–water partition coefficient (Wildman–Crippen LogP) is 0.898. The van der Waals surface area contributed by atoms with Crippen LogP contribution in [0.5, 0.6) is 5.75 Å². The molecular weight excluding hydrogens is 280 g/mol. The smallest absolute Gasteiger partial charge is 0.234 e. The van der Waals surface area contributed by atoms with Crippen molar-refractivity contribution in [3.8, 4) is 17.0 Å². The van der Waals surface area contributed by atoms with Crippen LogP contribution in [0.2, 0.25) is 0 Å². The highest BCUT2D eigenvalue weighted by Crippen LogP contribution is 2.29. The van der Waals surface area contributed by atoms with Gasteiger partial charge in [0, 0.05) is 38.4 Å². The lowest BCUT2D eigenvalue weighted by atomic mass is 10.1. The van der Waals surface area contributed by atoms with E-state index in [4.69, 9.17) is 4.74 Å². The van der Waals surface area contributed by atoms with E-state index >= 15 is 0 Å². The zero-order valence-corrected chi connectivity index (χ0v) is 12.7. The fourth-order valence-corrected chi connectivity index (χ4v) is 2.61. The second-order valence-electron chi connectivity index (χ2n) is 5.31. The van der Waals surface area contributed by atoms with E-state index in [9.17, 15) is 4.79 Å². The Hall–Kier alpha value is -2.34. The normalized spacial score (nSPS) is 15.6. The second kappa shape index (κ2) is 6.62. The molecule has 0 bridgehead atoms. The highest BCUT2D eigenvalue weighted by molar-refractivity contribution is 5.78. The summed E-state index contributed by atoms with van der Waals surface area (Å²) in [7, 11) is 1.92. The van der Waals surface area contributed by atoms with Gasteiger partial charge in [0.25, 0.3) is 0 Å². The van der Waals surface area contributed by atoms with E-state index in [1.165, 1.54) is 0 Å². The lowest BCUT2D eigenvalue weighted by molar-refractivity contribution is -0.124. The van der Waals surface area contributed by atoms with Gasteiger partial charge in [-0.15, -0.1) is 0 Å². The SMILES string of the molecule is Cn1nccc1-c1ccccc1OCCN1CCNC(=O)C1. The van der Waals surface area contributed by atoms with Gasteiger partial charge in [0.15, 0.2) is 0 Å². The number of hydrogen-bond acceptors (Lipinski definition) is 4. The van der Waals surface area contributed by atoms with Crippen LogP contribution in [0.25, 0.3) is 11.3 Å². The van der Waals surface area contributed by atoms with E-state index in [2.05, 4.69) is 15.3 Å². The number of ether oxygens (including phenoxy) is 1. The summed E-state index contributed by atoms with van der Waals surface area (Å²) in [5.41, 5.74) is 2.05. The topological polar surface area (TPSA) is 59.4 Å². The molecule has 1 N–H and O–H groups in total. The fourth-order valence-electron chi connectivity index (χ4n) is 2.61. The number of aryl methyl sites for hydroxylation is 1. The third kappa shape index (κ3) is 3.28. The Morgan fingerprint density at radius 3 is 2.95 bits per heavy atom. The maximum Gasteiger partial charge on any atom is 0.234 e. The molecule has 1 aliphatic rings. The molecule has 3 rings (SSSR count). The number of piperazine rings is 1. The van der Waals surface area contributed by atoms with Crippen LogP contribution in [0.15, 0.2) is 36.5 Å². The average Bonchev–Trinajstić information content (AvgIpc) is 2.94. The standard InChI is InChI=1S/C16H20N4O2/c1-19-14(6-7-18-19)13-4-2-3-5-15(13)22-11-10-20-9-8-17-16(21)12-20/h2-7H,8-12H2,1H3,(H,17,21). The first-order chi connectivity index (χ1) is 10.7. The highest BCUT2D eigenvalue weighted by Gasteiger charge is 2.16. The van der Waals surface area contributed by atoms with Crippen molar-refractivity contribution in [2.45, 2.75) is 0 Å². The minimum absolute atomic E-state index is 0.0848. The molecule has 1 amide bonds. The molecule has 116 valence electrons. The van der Waals surface area contributed by atoms with E-state index in [0.29, 0.717) is 19.7 Å². The van der Waals surface area contributed by atoms with Crippen LogP contribution >= 0.6 is 0 Å². The zero-order valence-electron chi connectivity index (χ0n) is 12.7. The van der Waals surface area contributed by atoms with Gasteiger partial charge in [-0.1, -0.05) is 12.1 Å². The Morgan fingerprint density at radius 1 is 1.32 bits per heavy atom. The highest BCUT2D eigenvalue weighted by atomic mass is 16.5. The first-order valence-corrected chi connectivity index (χ1v) is 7.43.